The van der Waals surface area contributed by atoms with Crippen LogP contribution in [0.3, 0.4) is 0 Å². The number of aromatic nitrogens is 1. The summed E-state index contributed by atoms with van der Waals surface area (Å²) < 4.78 is 4.87. The van der Waals surface area contributed by atoms with Gasteiger partial charge in [-0.1, -0.05) is 42.5 Å². The maximum absolute atomic E-state index is 11.5. The predicted octanol–water partition coefficient (Wildman–Crippen LogP) is 5.26. The van der Waals surface area contributed by atoms with Gasteiger partial charge in [0.15, 0.2) is 0 Å². The number of rotatable bonds is 5. The molecule has 0 atom stereocenters. The fourth-order valence-corrected chi connectivity index (χ4v) is 3.04. The quantitative estimate of drug-likeness (QED) is 0.632. The molecule has 24 heavy (non-hydrogen) atoms. The van der Waals surface area contributed by atoms with Gasteiger partial charge >= 0.3 is 6.09 Å². The number of carbonyl (C=O) groups excluding carboxylic acids is 1. The summed E-state index contributed by atoms with van der Waals surface area (Å²) in [6.07, 6.45) is -0.511. The number of ether oxygens (including phenoxy) is 1. The van der Waals surface area contributed by atoms with E-state index in [1.807, 2.05) is 60.0 Å². The van der Waals surface area contributed by atoms with Gasteiger partial charge in [-0.25, -0.2) is 9.78 Å². The SMILES string of the molecule is O=C(Nc1ccc(-c2csc(-c3ccccc3)n2)cc1)OCCCl. The van der Waals surface area contributed by atoms with Crippen molar-refractivity contribution in [3.8, 4) is 21.8 Å². The van der Waals surface area contributed by atoms with Crippen LogP contribution in [0.25, 0.3) is 21.8 Å². The molecule has 6 heteroatoms. The number of hydrogen-bond acceptors (Lipinski definition) is 4. The lowest BCUT2D eigenvalue weighted by Crippen LogP contribution is -2.14. The Labute approximate surface area is 149 Å². The van der Waals surface area contributed by atoms with Gasteiger partial charge in [0.2, 0.25) is 0 Å². The van der Waals surface area contributed by atoms with Crippen molar-refractivity contribution in [2.24, 2.45) is 0 Å². The number of alkyl halides is 1. The third-order valence-corrected chi connectivity index (χ3v) is 4.31. The molecule has 1 heterocycles. The van der Waals surface area contributed by atoms with Crippen molar-refractivity contribution in [2.45, 2.75) is 0 Å². The van der Waals surface area contributed by atoms with Gasteiger partial charge < -0.3 is 4.74 Å². The lowest BCUT2D eigenvalue weighted by atomic mass is 10.1. The van der Waals surface area contributed by atoms with E-state index in [4.69, 9.17) is 16.3 Å². The van der Waals surface area contributed by atoms with Crippen LogP contribution >= 0.6 is 22.9 Å². The Morgan fingerprint density at radius 3 is 2.54 bits per heavy atom. The van der Waals surface area contributed by atoms with E-state index in [-0.39, 0.29) is 12.5 Å². The summed E-state index contributed by atoms with van der Waals surface area (Å²) in [5.74, 6) is 0.278. The molecule has 0 radical (unpaired) electrons. The number of carbonyl (C=O) groups is 1. The molecular weight excluding hydrogens is 344 g/mol. The van der Waals surface area contributed by atoms with E-state index in [0.29, 0.717) is 5.69 Å². The summed E-state index contributed by atoms with van der Waals surface area (Å²) in [7, 11) is 0. The minimum Gasteiger partial charge on any atom is -0.448 e. The Kier molecular flexibility index (Phi) is 5.46. The molecule has 0 bridgehead atoms. The van der Waals surface area contributed by atoms with Crippen LogP contribution in [0.1, 0.15) is 0 Å². The van der Waals surface area contributed by atoms with Crippen LogP contribution in [0.15, 0.2) is 60.0 Å². The average molecular weight is 359 g/mol. The molecule has 1 amide bonds. The van der Waals surface area contributed by atoms with E-state index >= 15 is 0 Å². The molecule has 0 saturated carbocycles. The van der Waals surface area contributed by atoms with Gasteiger partial charge in [-0.3, -0.25) is 5.32 Å². The fraction of sp³-hybridized carbons (Fsp3) is 0.111. The van der Waals surface area contributed by atoms with Crippen molar-refractivity contribution >= 4 is 34.7 Å². The van der Waals surface area contributed by atoms with Crippen LogP contribution in [0.5, 0.6) is 0 Å². The molecule has 2 aromatic carbocycles. The van der Waals surface area contributed by atoms with Crippen LogP contribution in [0.4, 0.5) is 10.5 Å². The second kappa shape index (κ2) is 7.95. The van der Waals surface area contributed by atoms with Crippen molar-refractivity contribution in [2.75, 3.05) is 17.8 Å². The summed E-state index contributed by atoms with van der Waals surface area (Å²) in [4.78, 5) is 16.2. The maximum Gasteiger partial charge on any atom is 0.411 e. The largest absolute Gasteiger partial charge is 0.448 e. The van der Waals surface area contributed by atoms with Gasteiger partial charge in [-0.15, -0.1) is 22.9 Å². The highest BCUT2D eigenvalue weighted by atomic mass is 35.5. The zero-order valence-corrected chi connectivity index (χ0v) is 14.3. The van der Waals surface area contributed by atoms with Crippen LogP contribution < -0.4 is 5.32 Å². The molecule has 0 fully saturated rings. The van der Waals surface area contributed by atoms with Crippen LogP contribution in [-0.2, 0) is 4.74 Å². The first-order valence-corrected chi connectivity index (χ1v) is 8.79. The molecule has 4 nitrogen and oxygen atoms in total. The highest BCUT2D eigenvalue weighted by Gasteiger charge is 2.07. The average Bonchev–Trinajstić information content (AvgIpc) is 3.11. The molecule has 122 valence electrons. The Morgan fingerprint density at radius 1 is 1.08 bits per heavy atom. The molecule has 3 aromatic rings. The van der Waals surface area contributed by atoms with Gasteiger partial charge in [-0.2, -0.15) is 0 Å². The highest BCUT2D eigenvalue weighted by molar-refractivity contribution is 7.13. The zero-order chi connectivity index (χ0) is 16.8. The Morgan fingerprint density at radius 2 is 1.83 bits per heavy atom. The van der Waals surface area contributed by atoms with Gasteiger partial charge in [-0.05, 0) is 12.1 Å². The molecule has 1 aromatic heterocycles. The van der Waals surface area contributed by atoms with Crippen molar-refractivity contribution < 1.29 is 9.53 Å². The zero-order valence-electron chi connectivity index (χ0n) is 12.7. The predicted molar refractivity (Wildman–Crippen MR) is 98.7 cm³/mol. The first kappa shape index (κ1) is 16.5. The topological polar surface area (TPSA) is 51.2 Å². The van der Waals surface area contributed by atoms with Crippen molar-refractivity contribution in [1.29, 1.82) is 0 Å². The smallest absolute Gasteiger partial charge is 0.411 e. The molecule has 3 rings (SSSR count). The Balaban J connectivity index is 1.70. The van der Waals surface area contributed by atoms with Gasteiger partial charge in [0.1, 0.15) is 11.6 Å². The van der Waals surface area contributed by atoms with Gasteiger partial charge in [0, 0.05) is 22.2 Å². The number of nitrogens with one attached hydrogen (secondary N) is 1. The number of amides is 1. The Bertz CT molecular complexity index is 803. The van der Waals surface area contributed by atoms with Crippen LogP contribution in [0.2, 0.25) is 0 Å². The number of halogens is 1. The fourth-order valence-electron chi connectivity index (χ4n) is 2.13. The van der Waals surface area contributed by atoms with E-state index in [0.717, 1.165) is 21.8 Å². The molecule has 0 unspecified atom stereocenters. The molecule has 0 aliphatic heterocycles. The lowest BCUT2D eigenvalue weighted by molar-refractivity contribution is 0.168. The molecule has 0 aliphatic rings. The standard InChI is InChI=1S/C18H15ClN2O2S/c19-10-11-23-18(22)20-15-8-6-13(7-9-15)16-12-24-17(21-16)14-4-2-1-3-5-14/h1-9,12H,10-11H2,(H,20,22). The molecule has 0 spiro atoms. The number of nitrogens with zero attached hydrogens (tertiary/aromatic N) is 1. The number of hydrogen-bond donors (Lipinski definition) is 1. The number of benzene rings is 2. The molecule has 0 aliphatic carbocycles. The van der Waals surface area contributed by atoms with Crippen LogP contribution in [-0.4, -0.2) is 23.6 Å². The van der Waals surface area contributed by atoms with E-state index in [9.17, 15) is 4.79 Å². The summed E-state index contributed by atoms with van der Waals surface area (Å²) in [5.41, 5.74) is 3.68. The monoisotopic (exact) mass is 358 g/mol. The summed E-state index contributed by atoms with van der Waals surface area (Å²) in [6.45, 7) is 0.187. The molecule has 0 saturated heterocycles. The summed E-state index contributed by atoms with van der Waals surface area (Å²) >= 11 is 7.08. The molecule has 1 N–H and O–H groups in total. The first-order chi connectivity index (χ1) is 11.8. The van der Waals surface area contributed by atoms with Crippen LogP contribution in [0, 0.1) is 0 Å². The maximum atomic E-state index is 11.5. The Hall–Kier alpha value is -2.37. The van der Waals surface area contributed by atoms with E-state index in [2.05, 4.69) is 10.3 Å². The minimum atomic E-state index is -0.511. The summed E-state index contributed by atoms with van der Waals surface area (Å²) in [5, 5.41) is 5.66. The minimum absolute atomic E-state index is 0.187. The normalized spacial score (nSPS) is 10.4. The second-order valence-electron chi connectivity index (χ2n) is 4.93. The third kappa shape index (κ3) is 4.13. The number of anilines is 1. The lowest BCUT2D eigenvalue weighted by Gasteiger charge is -2.06. The van der Waals surface area contributed by atoms with Crippen molar-refractivity contribution in [1.82, 2.24) is 4.98 Å². The highest BCUT2D eigenvalue weighted by Crippen LogP contribution is 2.29. The first-order valence-electron chi connectivity index (χ1n) is 7.37. The van der Waals surface area contributed by atoms with Gasteiger partial charge in [0.25, 0.3) is 0 Å². The van der Waals surface area contributed by atoms with Crippen molar-refractivity contribution in [3.05, 3.63) is 60.0 Å². The summed E-state index contributed by atoms with van der Waals surface area (Å²) in [6, 6.07) is 17.5. The second-order valence-corrected chi connectivity index (χ2v) is 6.17. The number of thiazole rings is 1. The van der Waals surface area contributed by atoms with Gasteiger partial charge in [0.05, 0.1) is 11.6 Å². The van der Waals surface area contributed by atoms with E-state index in [1.54, 1.807) is 11.3 Å². The third-order valence-electron chi connectivity index (χ3n) is 3.26. The van der Waals surface area contributed by atoms with Crippen molar-refractivity contribution in [3.63, 3.8) is 0 Å². The van der Waals surface area contributed by atoms with E-state index in [1.165, 1.54) is 0 Å². The molecular formula is C18H15ClN2O2S. The van der Waals surface area contributed by atoms with E-state index < -0.39 is 6.09 Å².